The van der Waals surface area contributed by atoms with Crippen LogP contribution >= 0.6 is 0 Å². The molecule has 4 rings (SSSR count). The minimum absolute atomic E-state index is 0.00260. The molecule has 2 amide bonds. The molecule has 1 N–H and O–H groups in total. The van der Waals surface area contributed by atoms with Crippen molar-refractivity contribution >= 4 is 33.5 Å². The molecule has 0 spiro atoms. The first kappa shape index (κ1) is 22.2. The van der Waals surface area contributed by atoms with Gasteiger partial charge in [0.05, 0.1) is 11.1 Å². The van der Waals surface area contributed by atoms with Gasteiger partial charge in [0.15, 0.2) is 0 Å². The first-order valence-electron chi connectivity index (χ1n) is 10.1. The number of hydrogen-bond donors (Lipinski definition) is 1. The normalized spacial score (nSPS) is 14.2. The summed E-state index contributed by atoms with van der Waals surface area (Å²) in [5.41, 5.74) is 1.05. The molecule has 168 valence electrons. The van der Waals surface area contributed by atoms with Crippen molar-refractivity contribution in [3.63, 3.8) is 0 Å². The Balaban J connectivity index is 1.48. The molecule has 0 atom stereocenters. The fraction of sp³-hybridized carbons (Fsp3) is 0.125. The molecule has 3 aromatic rings. The maximum Gasteiger partial charge on any atom is 0.343 e. The second-order valence-electron chi connectivity index (χ2n) is 7.64. The number of ether oxygens (including phenoxy) is 1. The van der Waals surface area contributed by atoms with Crippen LogP contribution in [0.5, 0.6) is 5.75 Å². The molecule has 8 nitrogen and oxygen atoms in total. The highest BCUT2D eigenvalue weighted by Crippen LogP contribution is 2.33. The Morgan fingerprint density at radius 3 is 2.21 bits per heavy atom. The van der Waals surface area contributed by atoms with Gasteiger partial charge in [-0.15, -0.1) is 0 Å². The van der Waals surface area contributed by atoms with Gasteiger partial charge < -0.3 is 10.1 Å². The number of sulfonamides is 1. The number of rotatable bonds is 5. The van der Waals surface area contributed by atoms with E-state index in [1.165, 1.54) is 24.3 Å². The second kappa shape index (κ2) is 8.51. The van der Waals surface area contributed by atoms with Crippen LogP contribution in [-0.4, -0.2) is 36.5 Å². The molecule has 0 aliphatic carbocycles. The number of carbonyl (C=O) groups excluding carboxylic acids is 3. The topological polar surface area (TPSA) is 110 Å². The third-order valence-electron chi connectivity index (χ3n) is 5.01. The maximum atomic E-state index is 12.7. The molecule has 0 radical (unpaired) electrons. The average molecular weight is 464 g/mol. The molecule has 0 fully saturated rings. The highest BCUT2D eigenvalue weighted by Gasteiger charge is 2.43. The number of carbonyl (C=O) groups is 3. The molecule has 3 aromatic carbocycles. The van der Waals surface area contributed by atoms with E-state index in [1.807, 2.05) is 6.07 Å². The van der Waals surface area contributed by atoms with Gasteiger partial charge in [-0.25, -0.2) is 17.5 Å². The lowest BCUT2D eigenvalue weighted by Gasteiger charge is -2.18. The summed E-state index contributed by atoms with van der Waals surface area (Å²) in [6.07, 6.45) is 0. The molecular formula is C24H20N2O6S. The molecule has 0 saturated heterocycles. The minimum atomic E-state index is -4.03. The van der Waals surface area contributed by atoms with E-state index in [4.69, 9.17) is 4.74 Å². The van der Waals surface area contributed by atoms with Gasteiger partial charge in [0, 0.05) is 17.3 Å². The van der Waals surface area contributed by atoms with Gasteiger partial charge >= 0.3 is 5.97 Å². The monoisotopic (exact) mass is 464 g/mol. The zero-order chi connectivity index (χ0) is 23.8. The van der Waals surface area contributed by atoms with Crippen LogP contribution in [0.25, 0.3) is 0 Å². The SMILES string of the molecule is CC(C)N1C(=O)c2ccc(C(=O)Oc3ccc(NC(=O)c4ccccc4)cc3)cc2S1(=O)=O. The van der Waals surface area contributed by atoms with Crippen LogP contribution in [0, 0.1) is 0 Å². The van der Waals surface area contributed by atoms with Gasteiger partial charge in [-0.05, 0) is 68.4 Å². The summed E-state index contributed by atoms with van der Waals surface area (Å²) < 4.78 is 31.6. The van der Waals surface area contributed by atoms with Crippen LogP contribution in [0.4, 0.5) is 5.69 Å². The van der Waals surface area contributed by atoms with Gasteiger partial charge in [-0.1, -0.05) is 18.2 Å². The fourth-order valence-electron chi connectivity index (χ4n) is 3.45. The van der Waals surface area contributed by atoms with E-state index in [1.54, 1.807) is 50.2 Å². The lowest BCUT2D eigenvalue weighted by atomic mass is 10.1. The van der Waals surface area contributed by atoms with E-state index in [2.05, 4.69) is 5.32 Å². The number of nitrogens with zero attached hydrogens (tertiary/aromatic N) is 1. The van der Waals surface area contributed by atoms with Gasteiger partial charge in [-0.2, -0.15) is 0 Å². The predicted molar refractivity (Wildman–Crippen MR) is 121 cm³/mol. The number of nitrogens with one attached hydrogen (secondary N) is 1. The molecule has 33 heavy (non-hydrogen) atoms. The zero-order valence-corrected chi connectivity index (χ0v) is 18.6. The number of fused-ring (bicyclic) bond motifs is 1. The van der Waals surface area contributed by atoms with Crippen molar-refractivity contribution in [1.82, 2.24) is 4.31 Å². The van der Waals surface area contributed by atoms with E-state index in [9.17, 15) is 22.8 Å². The second-order valence-corrected chi connectivity index (χ2v) is 9.43. The summed E-state index contributed by atoms with van der Waals surface area (Å²) in [5.74, 6) is -1.46. The van der Waals surface area contributed by atoms with Crippen molar-refractivity contribution in [1.29, 1.82) is 0 Å². The highest BCUT2D eigenvalue weighted by molar-refractivity contribution is 7.90. The van der Waals surface area contributed by atoms with Crippen molar-refractivity contribution in [2.75, 3.05) is 5.32 Å². The van der Waals surface area contributed by atoms with Crippen LogP contribution in [0.2, 0.25) is 0 Å². The smallest absolute Gasteiger partial charge is 0.343 e. The Morgan fingerprint density at radius 2 is 1.58 bits per heavy atom. The highest BCUT2D eigenvalue weighted by atomic mass is 32.2. The molecule has 0 saturated carbocycles. The molecule has 1 heterocycles. The summed E-state index contributed by atoms with van der Waals surface area (Å²) in [6.45, 7) is 3.20. The lowest BCUT2D eigenvalue weighted by molar-refractivity contribution is 0.0732. The van der Waals surface area contributed by atoms with E-state index in [0.29, 0.717) is 11.3 Å². The van der Waals surface area contributed by atoms with Crippen molar-refractivity contribution in [2.24, 2.45) is 0 Å². The summed E-state index contributed by atoms with van der Waals surface area (Å²) in [4.78, 5) is 37.0. The zero-order valence-electron chi connectivity index (χ0n) is 17.8. The molecule has 9 heteroatoms. The summed E-state index contributed by atoms with van der Waals surface area (Å²) in [5, 5.41) is 2.74. The van der Waals surface area contributed by atoms with E-state index < -0.39 is 27.9 Å². The van der Waals surface area contributed by atoms with Gasteiger partial charge in [-0.3, -0.25) is 9.59 Å². The van der Waals surface area contributed by atoms with Crippen LogP contribution < -0.4 is 10.1 Å². The van der Waals surface area contributed by atoms with Crippen LogP contribution in [0.1, 0.15) is 44.9 Å². The molecule has 0 bridgehead atoms. The molecular weight excluding hydrogens is 444 g/mol. The third kappa shape index (κ3) is 4.22. The molecule has 0 unspecified atom stereocenters. The van der Waals surface area contributed by atoms with Crippen LogP contribution in [0.3, 0.4) is 0 Å². The Labute approximate surface area is 190 Å². The molecule has 0 aromatic heterocycles. The number of benzene rings is 3. The lowest BCUT2D eigenvalue weighted by Crippen LogP contribution is -2.36. The van der Waals surface area contributed by atoms with E-state index in [0.717, 1.165) is 10.4 Å². The number of hydrogen-bond acceptors (Lipinski definition) is 6. The summed E-state index contributed by atoms with van der Waals surface area (Å²) >= 11 is 0. The van der Waals surface area contributed by atoms with Gasteiger partial charge in [0.2, 0.25) is 0 Å². The van der Waals surface area contributed by atoms with E-state index in [-0.39, 0.29) is 27.7 Å². The van der Waals surface area contributed by atoms with Crippen molar-refractivity contribution in [3.05, 3.63) is 89.5 Å². The predicted octanol–water partition coefficient (Wildman–Crippen LogP) is 3.71. The standard InChI is InChI=1S/C24H20N2O6S/c1-15(2)26-23(28)20-13-8-17(14-21(20)33(26,30)31)24(29)32-19-11-9-18(10-12-19)25-22(27)16-6-4-3-5-7-16/h3-15H,1-2H3,(H,25,27). The molecule has 1 aliphatic rings. The fourth-order valence-corrected chi connectivity index (χ4v) is 5.24. The Hall–Kier alpha value is -3.98. The van der Waals surface area contributed by atoms with Crippen molar-refractivity contribution < 1.29 is 27.5 Å². The Kier molecular flexibility index (Phi) is 5.73. The number of anilines is 1. The summed E-state index contributed by atoms with van der Waals surface area (Å²) in [7, 11) is -4.03. The van der Waals surface area contributed by atoms with Gasteiger partial charge in [0.25, 0.3) is 21.8 Å². The quantitative estimate of drug-likeness (QED) is 0.455. The van der Waals surface area contributed by atoms with Crippen molar-refractivity contribution in [3.8, 4) is 5.75 Å². The Morgan fingerprint density at radius 1 is 0.909 bits per heavy atom. The first-order chi connectivity index (χ1) is 15.7. The van der Waals surface area contributed by atoms with Crippen molar-refractivity contribution in [2.45, 2.75) is 24.8 Å². The van der Waals surface area contributed by atoms with Gasteiger partial charge in [0.1, 0.15) is 10.6 Å². The third-order valence-corrected chi connectivity index (χ3v) is 7.01. The van der Waals surface area contributed by atoms with E-state index >= 15 is 0 Å². The largest absolute Gasteiger partial charge is 0.423 e. The van der Waals surface area contributed by atoms with Crippen LogP contribution in [0.15, 0.2) is 77.7 Å². The van der Waals surface area contributed by atoms with Crippen LogP contribution in [-0.2, 0) is 10.0 Å². The summed E-state index contributed by atoms with van der Waals surface area (Å²) in [6, 6.07) is 18.2. The average Bonchev–Trinajstić information content (AvgIpc) is 3.00. The first-order valence-corrected chi connectivity index (χ1v) is 11.5. The minimum Gasteiger partial charge on any atom is -0.423 e. The molecule has 1 aliphatic heterocycles. The number of amides is 2. The maximum absolute atomic E-state index is 12.7. The Bertz CT molecular complexity index is 1350. The number of esters is 1.